The van der Waals surface area contributed by atoms with Gasteiger partial charge in [0.05, 0.1) is 24.2 Å². The molecule has 0 aromatic carbocycles. The molecule has 0 aliphatic heterocycles. The summed E-state index contributed by atoms with van der Waals surface area (Å²) < 4.78 is 0. The van der Waals surface area contributed by atoms with Crippen molar-refractivity contribution in [3.8, 4) is 0 Å². The van der Waals surface area contributed by atoms with E-state index in [1.807, 2.05) is 6.92 Å². The number of amides is 1. The molecule has 0 radical (unpaired) electrons. The maximum absolute atomic E-state index is 11.7. The molecule has 1 aromatic heterocycles. The van der Waals surface area contributed by atoms with Crippen molar-refractivity contribution in [2.45, 2.75) is 19.4 Å². The van der Waals surface area contributed by atoms with Crippen LogP contribution in [0.25, 0.3) is 0 Å². The summed E-state index contributed by atoms with van der Waals surface area (Å²) in [5, 5.41) is 12.3. The predicted molar refractivity (Wildman–Crippen MR) is 71.8 cm³/mol. The second-order valence-electron chi connectivity index (χ2n) is 4.05. The van der Waals surface area contributed by atoms with Gasteiger partial charge in [0.1, 0.15) is 5.82 Å². The molecule has 5 nitrogen and oxygen atoms in total. The van der Waals surface area contributed by atoms with Crippen LogP contribution in [0.1, 0.15) is 13.3 Å². The molecule has 1 unspecified atom stereocenters. The Morgan fingerprint density at radius 1 is 1.61 bits per heavy atom. The summed E-state index contributed by atoms with van der Waals surface area (Å²) in [4.78, 5) is 17.5. The van der Waals surface area contributed by atoms with Gasteiger partial charge in [-0.15, -0.1) is 0 Å². The van der Waals surface area contributed by atoms with Gasteiger partial charge in [0.15, 0.2) is 0 Å². The summed E-state index contributed by atoms with van der Waals surface area (Å²) in [7, 11) is 1.77. The van der Waals surface area contributed by atoms with Gasteiger partial charge < -0.3 is 15.3 Å². The predicted octanol–water partition coefficient (Wildman–Crippen LogP) is 1.06. The Kier molecular flexibility index (Phi) is 5.88. The van der Waals surface area contributed by atoms with Crippen LogP contribution in [-0.4, -0.2) is 42.2 Å². The monoisotopic (exact) mass is 271 g/mol. The first-order valence-electron chi connectivity index (χ1n) is 5.79. The summed E-state index contributed by atoms with van der Waals surface area (Å²) in [6.45, 7) is 2.04. The fourth-order valence-electron chi connectivity index (χ4n) is 1.44. The van der Waals surface area contributed by atoms with Gasteiger partial charge in [-0.3, -0.25) is 4.79 Å². The molecule has 0 spiro atoms. The van der Waals surface area contributed by atoms with E-state index in [1.54, 1.807) is 24.1 Å². The van der Waals surface area contributed by atoms with E-state index in [2.05, 4.69) is 10.3 Å². The highest BCUT2D eigenvalue weighted by Gasteiger charge is 2.12. The lowest BCUT2D eigenvalue weighted by Gasteiger charge is -2.20. The molecule has 0 bridgehead atoms. The van der Waals surface area contributed by atoms with Crippen LogP contribution in [0.3, 0.4) is 0 Å². The van der Waals surface area contributed by atoms with Gasteiger partial charge in [-0.05, 0) is 18.6 Å². The number of halogens is 1. The standard InChI is InChI=1S/C12H18ClN3O2/c1-3-10(8-17)15-12(18)7-16(2)11-5-4-9(13)6-14-11/h4-6,10,17H,3,7-8H2,1-2H3,(H,15,18). The van der Waals surface area contributed by atoms with E-state index in [-0.39, 0.29) is 25.1 Å². The number of hydrogen-bond donors (Lipinski definition) is 2. The average molecular weight is 272 g/mol. The lowest BCUT2D eigenvalue weighted by atomic mass is 10.2. The number of rotatable bonds is 6. The molecule has 0 aliphatic carbocycles. The van der Waals surface area contributed by atoms with Gasteiger partial charge in [-0.1, -0.05) is 18.5 Å². The van der Waals surface area contributed by atoms with Gasteiger partial charge in [0.2, 0.25) is 5.91 Å². The third-order valence-corrected chi connectivity index (χ3v) is 2.79. The Morgan fingerprint density at radius 3 is 2.83 bits per heavy atom. The van der Waals surface area contributed by atoms with E-state index >= 15 is 0 Å². The maximum atomic E-state index is 11.7. The van der Waals surface area contributed by atoms with E-state index in [0.717, 1.165) is 0 Å². The van der Waals surface area contributed by atoms with Gasteiger partial charge in [0.25, 0.3) is 0 Å². The van der Waals surface area contributed by atoms with Crippen LogP contribution >= 0.6 is 11.6 Å². The first-order chi connectivity index (χ1) is 8.56. The van der Waals surface area contributed by atoms with Crippen LogP contribution in [0.5, 0.6) is 0 Å². The van der Waals surface area contributed by atoms with Gasteiger partial charge in [-0.2, -0.15) is 0 Å². The van der Waals surface area contributed by atoms with Crippen molar-refractivity contribution in [3.63, 3.8) is 0 Å². The number of nitrogens with zero attached hydrogens (tertiary/aromatic N) is 2. The molecule has 18 heavy (non-hydrogen) atoms. The minimum atomic E-state index is -0.191. The normalized spacial score (nSPS) is 12.0. The molecular formula is C12H18ClN3O2. The SMILES string of the molecule is CCC(CO)NC(=O)CN(C)c1ccc(Cl)cn1. The molecule has 0 fully saturated rings. The number of aliphatic hydroxyl groups excluding tert-OH is 1. The molecule has 6 heteroatoms. The topological polar surface area (TPSA) is 65.5 Å². The fraction of sp³-hybridized carbons (Fsp3) is 0.500. The van der Waals surface area contributed by atoms with Crippen molar-refractivity contribution in [1.82, 2.24) is 10.3 Å². The molecular weight excluding hydrogens is 254 g/mol. The number of aliphatic hydroxyl groups is 1. The maximum Gasteiger partial charge on any atom is 0.239 e. The smallest absolute Gasteiger partial charge is 0.239 e. The number of hydrogen-bond acceptors (Lipinski definition) is 4. The first-order valence-corrected chi connectivity index (χ1v) is 6.17. The van der Waals surface area contributed by atoms with Crippen LogP contribution in [0, 0.1) is 0 Å². The molecule has 0 aliphatic rings. The molecule has 1 aromatic rings. The minimum absolute atomic E-state index is 0.0504. The third-order valence-electron chi connectivity index (χ3n) is 2.56. The highest BCUT2D eigenvalue weighted by Crippen LogP contribution is 2.12. The number of carbonyl (C=O) groups excluding carboxylic acids is 1. The molecule has 1 heterocycles. The third kappa shape index (κ3) is 4.50. The highest BCUT2D eigenvalue weighted by molar-refractivity contribution is 6.30. The molecule has 1 rings (SSSR count). The van der Waals surface area contributed by atoms with E-state index in [1.165, 1.54) is 6.20 Å². The number of nitrogens with one attached hydrogen (secondary N) is 1. The van der Waals surface area contributed by atoms with E-state index in [0.29, 0.717) is 17.3 Å². The van der Waals surface area contributed by atoms with E-state index in [9.17, 15) is 4.79 Å². The number of anilines is 1. The zero-order chi connectivity index (χ0) is 13.5. The van der Waals surface area contributed by atoms with Crippen LogP contribution in [-0.2, 0) is 4.79 Å². The average Bonchev–Trinajstić information content (AvgIpc) is 2.36. The number of aromatic nitrogens is 1. The van der Waals surface area contributed by atoms with Crippen molar-refractivity contribution in [3.05, 3.63) is 23.4 Å². The summed E-state index contributed by atoms with van der Waals surface area (Å²) in [5.41, 5.74) is 0. The Morgan fingerprint density at radius 2 is 2.33 bits per heavy atom. The van der Waals surface area contributed by atoms with Crippen molar-refractivity contribution in [2.75, 3.05) is 25.1 Å². The second-order valence-corrected chi connectivity index (χ2v) is 4.48. The summed E-state index contributed by atoms with van der Waals surface area (Å²) in [5.74, 6) is 0.529. The molecule has 2 N–H and O–H groups in total. The minimum Gasteiger partial charge on any atom is -0.394 e. The van der Waals surface area contributed by atoms with Gasteiger partial charge >= 0.3 is 0 Å². The molecule has 1 atom stereocenters. The number of pyridine rings is 1. The fourth-order valence-corrected chi connectivity index (χ4v) is 1.55. The van der Waals surface area contributed by atoms with Crippen molar-refractivity contribution in [2.24, 2.45) is 0 Å². The summed E-state index contributed by atoms with van der Waals surface area (Å²) >= 11 is 5.74. The number of likely N-dealkylation sites (N-methyl/N-ethyl adjacent to an activating group) is 1. The summed E-state index contributed by atoms with van der Waals surface area (Å²) in [6, 6.07) is 3.28. The van der Waals surface area contributed by atoms with Gasteiger partial charge in [0, 0.05) is 13.2 Å². The summed E-state index contributed by atoms with van der Waals surface area (Å²) in [6.07, 6.45) is 2.24. The Balaban J connectivity index is 2.51. The second kappa shape index (κ2) is 7.18. The zero-order valence-electron chi connectivity index (χ0n) is 10.6. The molecule has 0 saturated carbocycles. The zero-order valence-corrected chi connectivity index (χ0v) is 11.3. The van der Waals surface area contributed by atoms with E-state index in [4.69, 9.17) is 16.7 Å². The van der Waals surface area contributed by atoms with Crippen LogP contribution in [0.4, 0.5) is 5.82 Å². The molecule has 1 amide bonds. The Bertz CT molecular complexity index is 379. The van der Waals surface area contributed by atoms with Crippen LogP contribution in [0.15, 0.2) is 18.3 Å². The molecule has 0 saturated heterocycles. The lowest BCUT2D eigenvalue weighted by molar-refractivity contribution is -0.120. The quantitative estimate of drug-likeness (QED) is 0.812. The van der Waals surface area contributed by atoms with E-state index < -0.39 is 0 Å². The largest absolute Gasteiger partial charge is 0.394 e. The van der Waals surface area contributed by atoms with Crippen LogP contribution < -0.4 is 10.2 Å². The Labute approximate surface area is 112 Å². The van der Waals surface area contributed by atoms with Crippen LogP contribution in [0.2, 0.25) is 5.02 Å². The highest BCUT2D eigenvalue weighted by atomic mass is 35.5. The molecule has 100 valence electrons. The first kappa shape index (κ1) is 14.7. The van der Waals surface area contributed by atoms with Crippen molar-refractivity contribution in [1.29, 1.82) is 0 Å². The number of carbonyl (C=O) groups is 1. The lowest BCUT2D eigenvalue weighted by Crippen LogP contribution is -2.42. The van der Waals surface area contributed by atoms with Crippen molar-refractivity contribution >= 4 is 23.3 Å². The van der Waals surface area contributed by atoms with Gasteiger partial charge in [-0.25, -0.2) is 4.98 Å². The van der Waals surface area contributed by atoms with Crippen molar-refractivity contribution < 1.29 is 9.90 Å². The Hall–Kier alpha value is -1.33.